The molecule has 8 nitrogen and oxygen atoms in total. The molecule has 2 heterocycles. The molecule has 35 heavy (non-hydrogen) atoms. The molecule has 3 aliphatic rings. The third kappa shape index (κ3) is 5.52. The number of carbonyl (C=O) groups excluding carboxylic acids is 1. The molecule has 1 saturated heterocycles. The van der Waals surface area contributed by atoms with E-state index in [9.17, 15) is 18.4 Å². The highest BCUT2D eigenvalue weighted by Gasteiger charge is 2.52. The summed E-state index contributed by atoms with van der Waals surface area (Å²) in [6.07, 6.45) is 7.01. The molecule has 1 aromatic carbocycles. The third-order valence-electron chi connectivity index (χ3n) is 7.04. The van der Waals surface area contributed by atoms with Crippen LogP contribution in [0.15, 0.2) is 52.0 Å². The Balaban J connectivity index is 1.56. The van der Waals surface area contributed by atoms with Crippen molar-refractivity contribution in [1.82, 2.24) is 10.8 Å². The molecule has 0 spiro atoms. The van der Waals surface area contributed by atoms with Gasteiger partial charge in [-0.2, -0.15) is 0 Å². The van der Waals surface area contributed by atoms with Gasteiger partial charge >= 0.3 is 0 Å². The number of hydrogen-bond acceptors (Lipinski definition) is 6. The van der Waals surface area contributed by atoms with Gasteiger partial charge < -0.3 is 10.1 Å². The Morgan fingerprint density at radius 2 is 1.89 bits per heavy atom. The SMILES string of the molecule is CC(C)(C)CCN=C1/C=C2\CC2C/C(c2ccc(S(=O)(=O)C3(C(=O)NO)CCOCC3)cc2)=C\N1. The van der Waals surface area contributed by atoms with Crippen LogP contribution in [-0.4, -0.2) is 49.9 Å². The highest BCUT2D eigenvalue weighted by atomic mass is 32.2. The lowest BCUT2D eigenvalue weighted by atomic mass is 9.92. The van der Waals surface area contributed by atoms with Gasteiger partial charge in [-0.05, 0) is 72.8 Å². The Kier molecular flexibility index (Phi) is 7.22. The molecule has 4 rings (SSSR count). The summed E-state index contributed by atoms with van der Waals surface area (Å²) >= 11 is 0. The summed E-state index contributed by atoms with van der Waals surface area (Å²) < 4.78 is 30.5. The number of hydrogen-bond donors (Lipinski definition) is 3. The van der Waals surface area contributed by atoms with Crippen LogP contribution in [0.5, 0.6) is 0 Å². The minimum Gasteiger partial charge on any atom is -0.381 e. The zero-order valence-corrected chi connectivity index (χ0v) is 21.5. The van der Waals surface area contributed by atoms with Gasteiger partial charge in [0.25, 0.3) is 5.91 Å². The molecule has 0 radical (unpaired) electrons. The zero-order chi connectivity index (χ0) is 25.3. The number of sulfone groups is 1. The number of aliphatic imine (C=N–C) groups is 1. The van der Waals surface area contributed by atoms with Crippen molar-refractivity contribution in [1.29, 1.82) is 0 Å². The minimum atomic E-state index is -4.04. The number of hydroxylamine groups is 1. The molecule has 2 fully saturated rings. The number of allylic oxidation sites excluding steroid dienone is 2. The Labute approximate surface area is 207 Å². The first kappa shape index (κ1) is 25.6. The van der Waals surface area contributed by atoms with Crippen LogP contribution in [0.1, 0.15) is 58.4 Å². The van der Waals surface area contributed by atoms with Gasteiger partial charge in [-0.1, -0.05) is 38.5 Å². The predicted octanol–water partition coefficient (Wildman–Crippen LogP) is 3.63. The Hall–Kier alpha value is -2.49. The van der Waals surface area contributed by atoms with Crippen LogP contribution < -0.4 is 10.8 Å². The van der Waals surface area contributed by atoms with Crippen molar-refractivity contribution in [2.24, 2.45) is 16.3 Å². The molecule has 0 bridgehead atoms. The first-order valence-electron chi connectivity index (χ1n) is 12.1. The van der Waals surface area contributed by atoms with Crippen molar-refractivity contribution in [2.45, 2.75) is 62.5 Å². The quantitative estimate of drug-likeness (QED) is 0.405. The molecule has 1 saturated carbocycles. The van der Waals surface area contributed by atoms with Crippen LogP contribution in [0.3, 0.4) is 0 Å². The number of amidine groups is 1. The Morgan fingerprint density at radius 3 is 2.51 bits per heavy atom. The summed E-state index contributed by atoms with van der Waals surface area (Å²) in [7, 11) is -4.04. The second kappa shape index (κ2) is 9.87. The maximum absolute atomic E-state index is 13.5. The lowest BCUT2D eigenvalue weighted by molar-refractivity contribution is -0.134. The molecule has 1 unspecified atom stereocenters. The number of carbonyl (C=O) groups is 1. The van der Waals surface area contributed by atoms with E-state index in [0.717, 1.165) is 42.8 Å². The standard InChI is InChI=1S/C26H35N3O5S/c1-25(2,3)8-11-27-23-16-20-14-19(20)15-21(17-28-23)18-4-6-22(7-5-18)35(32,33)26(24(30)29-31)9-12-34-13-10-26/h4-7,16-17,19,31H,8-15H2,1-3H3,(H,27,28)(H,29,30)/b20-16+,21-17+. The first-order valence-corrected chi connectivity index (χ1v) is 13.6. The number of nitrogens with zero attached hydrogens (tertiary/aromatic N) is 1. The maximum Gasteiger partial charge on any atom is 0.265 e. The van der Waals surface area contributed by atoms with E-state index in [1.807, 2.05) is 6.20 Å². The van der Waals surface area contributed by atoms with E-state index in [2.05, 4.69) is 32.2 Å². The predicted molar refractivity (Wildman–Crippen MR) is 135 cm³/mol. The second-order valence-corrected chi connectivity index (χ2v) is 13.1. The smallest absolute Gasteiger partial charge is 0.265 e. The van der Waals surface area contributed by atoms with Crippen molar-refractivity contribution in [3.63, 3.8) is 0 Å². The van der Waals surface area contributed by atoms with Gasteiger partial charge in [0.2, 0.25) is 0 Å². The van der Waals surface area contributed by atoms with E-state index in [-0.39, 0.29) is 36.4 Å². The largest absolute Gasteiger partial charge is 0.381 e. The van der Waals surface area contributed by atoms with Gasteiger partial charge in [0.15, 0.2) is 14.6 Å². The molecule has 0 aromatic heterocycles. The molecule has 9 heteroatoms. The van der Waals surface area contributed by atoms with Gasteiger partial charge in [0, 0.05) is 26.0 Å². The first-order chi connectivity index (χ1) is 16.6. The van der Waals surface area contributed by atoms with Crippen LogP contribution in [0.25, 0.3) is 5.57 Å². The van der Waals surface area contributed by atoms with Gasteiger partial charge in [-0.3, -0.25) is 15.0 Å². The Bertz CT molecular complexity index is 1150. The molecule has 3 N–H and O–H groups in total. The minimum absolute atomic E-state index is 0.00727. The van der Waals surface area contributed by atoms with E-state index < -0.39 is 20.5 Å². The Morgan fingerprint density at radius 1 is 1.20 bits per heavy atom. The maximum atomic E-state index is 13.5. The zero-order valence-electron chi connectivity index (χ0n) is 20.6. The second-order valence-electron chi connectivity index (χ2n) is 10.8. The average Bonchev–Trinajstić information content (AvgIpc) is 3.54. The topological polar surface area (TPSA) is 117 Å². The van der Waals surface area contributed by atoms with Crippen molar-refractivity contribution in [2.75, 3.05) is 19.8 Å². The summed E-state index contributed by atoms with van der Waals surface area (Å²) in [5.41, 5.74) is 5.17. The van der Waals surface area contributed by atoms with E-state index in [0.29, 0.717) is 5.92 Å². The van der Waals surface area contributed by atoms with Gasteiger partial charge in [0.05, 0.1) is 4.90 Å². The summed E-state index contributed by atoms with van der Waals surface area (Å²) in [6.45, 7) is 7.65. The molecule has 1 aromatic rings. The third-order valence-corrected chi connectivity index (χ3v) is 9.55. The van der Waals surface area contributed by atoms with Crippen LogP contribution in [0.4, 0.5) is 0 Å². The number of ether oxygens (including phenoxy) is 1. The number of benzene rings is 1. The number of fused-ring (bicyclic) bond motifs is 1. The number of rotatable bonds is 6. The summed E-state index contributed by atoms with van der Waals surface area (Å²) in [4.78, 5) is 17.3. The van der Waals surface area contributed by atoms with Gasteiger partial charge in [0.1, 0.15) is 5.84 Å². The van der Waals surface area contributed by atoms with Crippen LogP contribution >= 0.6 is 0 Å². The van der Waals surface area contributed by atoms with E-state index in [4.69, 9.17) is 9.73 Å². The lowest BCUT2D eigenvalue weighted by Crippen LogP contribution is -2.54. The van der Waals surface area contributed by atoms with Crippen molar-refractivity contribution in [3.8, 4) is 0 Å². The van der Waals surface area contributed by atoms with Gasteiger partial charge in [-0.25, -0.2) is 13.9 Å². The van der Waals surface area contributed by atoms with E-state index >= 15 is 0 Å². The molecular formula is C26H35N3O5S. The molecule has 190 valence electrons. The fraction of sp³-hybridized carbons (Fsp3) is 0.538. The highest BCUT2D eigenvalue weighted by Crippen LogP contribution is 2.45. The van der Waals surface area contributed by atoms with Crippen molar-refractivity contribution >= 4 is 27.2 Å². The van der Waals surface area contributed by atoms with Crippen LogP contribution in [0, 0.1) is 11.3 Å². The summed E-state index contributed by atoms with van der Waals surface area (Å²) in [5, 5.41) is 12.6. The van der Waals surface area contributed by atoms with Crippen LogP contribution in [-0.2, 0) is 19.4 Å². The molecule has 1 atom stereocenters. The van der Waals surface area contributed by atoms with E-state index in [1.165, 1.54) is 5.57 Å². The molecule has 1 amide bonds. The normalized spacial score (nSPS) is 26.2. The number of nitrogens with one attached hydrogen (secondary N) is 2. The summed E-state index contributed by atoms with van der Waals surface area (Å²) in [6, 6.07) is 6.67. The molecular weight excluding hydrogens is 466 g/mol. The lowest BCUT2D eigenvalue weighted by Gasteiger charge is -2.34. The molecule has 2 aliphatic heterocycles. The summed E-state index contributed by atoms with van der Waals surface area (Å²) in [5.74, 6) is 0.432. The van der Waals surface area contributed by atoms with E-state index in [1.54, 1.807) is 29.7 Å². The highest BCUT2D eigenvalue weighted by molar-refractivity contribution is 7.93. The fourth-order valence-electron chi connectivity index (χ4n) is 4.61. The van der Waals surface area contributed by atoms with Crippen molar-refractivity contribution in [3.05, 3.63) is 47.7 Å². The molecule has 1 aliphatic carbocycles. The average molecular weight is 502 g/mol. The van der Waals surface area contributed by atoms with Crippen LogP contribution in [0.2, 0.25) is 0 Å². The fourth-order valence-corrected chi connectivity index (χ4v) is 6.55. The number of amides is 1. The van der Waals surface area contributed by atoms with Gasteiger partial charge in [-0.15, -0.1) is 0 Å². The monoisotopic (exact) mass is 501 g/mol. The van der Waals surface area contributed by atoms with Crippen molar-refractivity contribution < 1.29 is 23.2 Å².